The lowest BCUT2D eigenvalue weighted by molar-refractivity contribution is -0.141. The molecule has 0 unspecified atom stereocenters. The molecule has 3 nitrogen and oxygen atoms in total. The second-order valence-electron chi connectivity index (χ2n) is 4.39. The number of hydrogen-bond acceptors (Lipinski definition) is 3. The van der Waals surface area contributed by atoms with E-state index in [0.29, 0.717) is 12.3 Å². The molecule has 1 aliphatic carbocycles. The van der Waals surface area contributed by atoms with E-state index in [2.05, 4.69) is 0 Å². The molecule has 1 saturated carbocycles. The molecule has 1 atom stereocenters. The minimum Gasteiger partial charge on any atom is -0.469 e. The standard InChI is InChI=1S/C13H17NO2/c1-16-13(15)8-12(9-5-6-9)10-3-2-4-11(14)7-10/h2-4,7,9,12H,5-6,8,14H2,1H3/t12-/m0/s1. The molecule has 0 aliphatic heterocycles. The maximum atomic E-state index is 11.4. The summed E-state index contributed by atoms with van der Waals surface area (Å²) in [6, 6.07) is 7.82. The van der Waals surface area contributed by atoms with Crippen molar-refractivity contribution in [2.75, 3.05) is 12.8 Å². The van der Waals surface area contributed by atoms with Gasteiger partial charge in [-0.05, 0) is 42.4 Å². The van der Waals surface area contributed by atoms with Crippen molar-refractivity contribution in [2.24, 2.45) is 5.92 Å². The number of benzene rings is 1. The van der Waals surface area contributed by atoms with Crippen LogP contribution in [0.15, 0.2) is 24.3 Å². The fourth-order valence-electron chi connectivity index (χ4n) is 2.11. The van der Waals surface area contributed by atoms with E-state index in [0.717, 1.165) is 11.3 Å². The van der Waals surface area contributed by atoms with E-state index in [4.69, 9.17) is 10.5 Å². The molecule has 1 fully saturated rings. The van der Waals surface area contributed by atoms with Gasteiger partial charge in [0, 0.05) is 5.69 Å². The first kappa shape index (κ1) is 11.0. The highest BCUT2D eigenvalue weighted by atomic mass is 16.5. The maximum Gasteiger partial charge on any atom is 0.306 e. The molecule has 86 valence electrons. The first-order chi connectivity index (χ1) is 7.70. The number of carbonyl (C=O) groups excluding carboxylic acids is 1. The number of anilines is 1. The molecule has 1 aromatic rings. The van der Waals surface area contributed by atoms with Gasteiger partial charge in [0.15, 0.2) is 0 Å². The highest BCUT2D eigenvalue weighted by molar-refractivity contribution is 5.70. The largest absolute Gasteiger partial charge is 0.469 e. The highest BCUT2D eigenvalue weighted by Crippen LogP contribution is 2.44. The van der Waals surface area contributed by atoms with E-state index in [9.17, 15) is 4.79 Å². The molecular formula is C13H17NO2. The Bertz CT molecular complexity index is 385. The summed E-state index contributed by atoms with van der Waals surface area (Å²) in [5.41, 5.74) is 7.68. The summed E-state index contributed by atoms with van der Waals surface area (Å²) in [6.45, 7) is 0. The average molecular weight is 219 g/mol. The Hall–Kier alpha value is -1.51. The number of nitrogen functional groups attached to an aromatic ring is 1. The van der Waals surface area contributed by atoms with E-state index in [1.165, 1.54) is 20.0 Å². The molecule has 0 bridgehead atoms. The van der Waals surface area contributed by atoms with E-state index in [1.54, 1.807) is 0 Å². The number of ether oxygens (including phenoxy) is 1. The summed E-state index contributed by atoms with van der Waals surface area (Å²) in [6.07, 6.45) is 2.87. The molecule has 0 amide bonds. The lowest BCUT2D eigenvalue weighted by atomic mass is 9.91. The lowest BCUT2D eigenvalue weighted by Crippen LogP contribution is -2.10. The van der Waals surface area contributed by atoms with Crippen LogP contribution in [-0.2, 0) is 9.53 Å². The predicted octanol–water partition coefficient (Wildman–Crippen LogP) is 2.33. The van der Waals surface area contributed by atoms with Crippen molar-refractivity contribution in [1.82, 2.24) is 0 Å². The van der Waals surface area contributed by atoms with Gasteiger partial charge in [0.05, 0.1) is 13.5 Å². The third-order valence-corrected chi connectivity index (χ3v) is 3.14. The van der Waals surface area contributed by atoms with Crippen LogP contribution in [0.4, 0.5) is 5.69 Å². The predicted molar refractivity (Wildman–Crippen MR) is 63.0 cm³/mol. The molecule has 0 radical (unpaired) electrons. The second kappa shape index (κ2) is 4.56. The smallest absolute Gasteiger partial charge is 0.306 e. The molecule has 0 heterocycles. The van der Waals surface area contributed by atoms with Gasteiger partial charge in [0.25, 0.3) is 0 Å². The molecule has 1 aliphatic rings. The summed E-state index contributed by atoms with van der Waals surface area (Å²) < 4.78 is 4.74. The summed E-state index contributed by atoms with van der Waals surface area (Å²) in [7, 11) is 1.44. The molecule has 0 saturated heterocycles. The zero-order valence-corrected chi connectivity index (χ0v) is 9.48. The highest BCUT2D eigenvalue weighted by Gasteiger charge is 2.33. The number of nitrogens with two attached hydrogens (primary N) is 1. The Balaban J connectivity index is 2.15. The fraction of sp³-hybridized carbons (Fsp3) is 0.462. The third kappa shape index (κ3) is 2.54. The van der Waals surface area contributed by atoms with Crippen molar-refractivity contribution in [2.45, 2.75) is 25.2 Å². The van der Waals surface area contributed by atoms with Crippen molar-refractivity contribution in [3.63, 3.8) is 0 Å². The molecule has 3 heteroatoms. The number of esters is 1. The van der Waals surface area contributed by atoms with Crippen LogP contribution in [0.5, 0.6) is 0 Å². The van der Waals surface area contributed by atoms with Crippen LogP contribution in [0.3, 0.4) is 0 Å². The Morgan fingerprint density at radius 2 is 2.31 bits per heavy atom. The van der Waals surface area contributed by atoms with E-state index in [-0.39, 0.29) is 11.9 Å². The zero-order chi connectivity index (χ0) is 11.5. The topological polar surface area (TPSA) is 52.3 Å². The van der Waals surface area contributed by atoms with Crippen LogP contribution < -0.4 is 5.73 Å². The average Bonchev–Trinajstić information content (AvgIpc) is 3.09. The Kier molecular flexibility index (Phi) is 3.13. The van der Waals surface area contributed by atoms with Crippen LogP contribution in [0, 0.1) is 5.92 Å². The molecule has 1 aromatic carbocycles. The maximum absolute atomic E-state index is 11.4. The molecule has 2 rings (SSSR count). The van der Waals surface area contributed by atoms with Crippen LogP contribution in [0.2, 0.25) is 0 Å². The summed E-state index contributed by atoms with van der Waals surface area (Å²) in [5.74, 6) is 0.760. The van der Waals surface area contributed by atoms with Gasteiger partial charge in [-0.2, -0.15) is 0 Å². The third-order valence-electron chi connectivity index (χ3n) is 3.14. The number of carbonyl (C=O) groups is 1. The molecule has 16 heavy (non-hydrogen) atoms. The van der Waals surface area contributed by atoms with Crippen molar-refractivity contribution in [3.05, 3.63) is 29.8 Å². The minimum absolute atomic E-state index is 0.140. The van der Waals surface area contributed by atoms with E-state index in [1.807, 2.05) is 24.3 Å². The fourth-order valence-corrected chi connectivity index (χ4v) is 2.11. The molecule has 0 aromatic heterocycles. The number of rotatable bonds is 4. The normalized spacial score (nSPS) is 16.8. The lowest BCUT2D eigenvalue weighted by Gasteiger charge is -2.15. The molecular weight excluding hydrogens is 202 g/mol. The van der Waals surface area contributed by atoms with Crippen molar-refractivity contribution >= 4 is 11.7 Å². The number of hydrogen-bond donors (Lipinski definition) is 1. The monoisotopic (exact) mass is 219 g/mol. The van der Waals surface area contributed by atoms with Gasteiger partial charge < -0.3 is 10.5 Å². The van der Waals surface area contributed by atoms with Crippen LogP contribution >= 0.6 is 0 Å². The van der Waals surface area contributed by atoms with Crippen molar-refractivity contribution < 1.29 is 9.53 Å². The van der Waals surface area contributed by atoms with Gasteiger partial charge >= 0.3 is 5.97 Å². The van der Waals surface area contributed by atoms with Gasteiger partial charge in [-0.15, -0.1) is 0 Å². The van der Waals surface area contributed by atoms with Gasteiger partial charge in [-0.1, -0.05) is 12.1 Å². The summed E-state index contributed by atoms with van der Waals surface area (Å²) in [5, 5.41) is 0. The molecule has 0 spiro atoms. The first-order valence-corrected chi connectivity index (χ1v) is 5.63. The summed E-state index contributed by atoms with van der Waals surface area (Å²) >= 11 is 0. The second-order valence-corrected chi connectivity index (χ2v) is 4.39. The van der Waals surface area contributed by atoms with Crippen LogP contribution in [-0.4, -0.2) is 13.1 Å². The first-order valence-electron chi connectivity index (χ1n) is 5.63. The minimum atomic E-state index is -0.140. The zero-order valence-electron chi connectivity index (χ0n) is 9.48. The molecule has 2 N–H and O–H groups in total. The quantitative estimate of drug-likeness (QED) is 0.624. The van der Waals surface area contributed by atoms with Gasteiger partial charge in [0.2, 0.25) is 0 Å². The van der Waals surface area contributed by atoms with Crippen LogP contribution in [0.25, 0.3) is 0 Å². The summed E-state index contributed by atoms with van der Waals surface area (Å²) in [4.78, 5) is 11.4. The van der Waals surface area contributed by atoms with Gasteiger partial charge in [0.1, 0.15) is 0 Å². The van der Waals surface area contributed by atoms with Gasteiger partial charge in [-0.25, -0.2) is 0 Å². The Morgan fingerprint density at radius 1 is 1.56 bits per heavy atom. The van der Waals surface area contributed by atoms with E-state index >= 15 is 0 Å². The Morgan fingerprint density at radius 3 is 2.88 bits per heavy atom. The Labute approximate surface area is 95.6 Å². The van der Waals surface area contributed by atoms with Crippen molar-refractivity contribution in [1.29, 1.82) is 0 Å². The van der Waals surface area contributed by atoms with Gasteiger partial charge in [-0.3, -0.25) is 4.79 Å². The van der Waals surface area contributed by atoms with Crippen LogP contribution in [0.1, 0.15) is 30.7 Å². The SMILES string of the molecule is COC(=O)C[C@H](c1cccc(N)c1)C1CC1. The van der Waals surface area contributed by atoms with Crippen molar-refractivity contribution in [3.8, 4) is 0 Å². The van der Waals surface area contributed by atoms with E-state index < -0.39 is 0 Å². The number of methoxy groups -OCH3 is 1.